The van der Waals surface area contributed by atoms with Crippen molar-refractivity contribution in [3.8, 4) is 6.07 Å². The highest BCUT2D eigenvalue weighted by molar-refractivity contribution is 5.45. The van der Waals surface area contributed by atoms with E-state index in [1.165, 1.54) is 11.1 Å². The molecule has 0 heterocycles. The zero-order valence-corrected chi connectivity index (χ0v) is 6.70. The molecule has 1 saturated carbocycles. The standard InChI is InChI=1S/C11H9N/c12-6-10-9-5-7-3-1-2-4-8(7)11(9)10/h1-4,9-11H,5H2/t9-,10-,11?/m0/s1. The quantitative estimate of drug-likeness (QED) is 0.562. The lowest BCUT2D eigenvalue weighted by atomic mass is 10.0. The highest BCUT2D eigenvalue weighted by Gasteiger charge is 2.55. The number of benzene rings is 1. The van der Waals surface area contributed by atoms with Crippen molar-refractivity contribution in [1.29, 1.82) is 5.26 Å². The van der Waals surface area contributed by atoms with Crippen molar-refractivity contribution in [2.24, 2.45) is 11.8 Å². The number of rotatable bonds is 0. The maximum absolute atomic E-state index is 8.79. The topological polar surface area (TPSA) is 23.8 Å². The zero-order valence-electron chi connectivity index (χ0n) is 6.70. The van der Waals surface area contributed by atoms with Gasteiger partial charge in [0, 0.05) is 5.92 Å². The van der Waals surface area contributed by atoms with Crippen LogP contribution in [0.1, 0.15) is 17.0 Å². The maximum Gasteiger partial charge on any atom is 0.0665 e. The summed E-state index contributed by atoms with van der Waals surface area (Å²) in [6, 6.07) is 10.9. The SMILES string of the molecule is N#C[C@@H]1C2c3ccccc3C[C@H]21. The number of nitrogens with zero attached hydrogens (tertiary/aromatic N) is 1. The molecule has 2 aliphatic rings. The molecule has 12 heavy (non-hydrogen) atoms. The third-order valence-electron chi connectivity index (χ3n) is 3.19. The minimum absolute atomic E-state index is 0.333. The smallest absolute Gasteiger partial charge is 0.0665 e. The molecule has 0 aromatic heterocycles. The molecule has 0 bridgehead atoms. The molecule has 0 radical (unpaired) electrons. The lowest BCUT2D eigenvalue weighted by Crippen LogP contribution is -1.90. The molecular weight excluding hydrogens is 146 g/mol. The van der Waals surface area contributed by atoms with Gasteiger partial charge in [-0.15, -0.1) is 0 Å². The van der Waals surface area contributed by atoms with E-state index >= 15 is 0 Å². The Hall–Kier alpha value is -1.29. The van der Waals surface area contributed by atoms with Crippen molar-refractivity contribution in [2.75, 3.05) is 0 Å². The lowest BCUT2D eigenvalue weighted by Gasteiger charge is -2.01. The minimum atomic E-state index is 0.333. The summed E-state index contributed by atoms with van der Waals surface area (Å²) in [6.07, 6.45) is 1.14. The normalized spacial score (nSPS) is 35.1. The van der Waals surface area contributed by atoms with Gasteiger partial charge in [0.15, 0.2) is 0 Å². The van der Waals surface area contributed by atoms with Crippen molar-refractivity contribution >= 4 is 0 Å². The first-order valence-electron chi connectivity index (χ1n) is 4.39. The number of fused-ring (bicyclic) bond motifs is 3. The van der Waals surface area contributed by atoms with E-state index in [1.54, 1.807) is 0 Å². The monoisotopic (exact) mass is 155 g/mol. The van der Waals surface area contributed by atoms with Crippen LogP contribution < -0.4 is 0 Å². The van der Waals surface area contributed by atoms with Crippen molar-refractivity contribution in [3.63, 3.8) is 0 Å². The van der Waals surface area contributed by atoms with E-state index in [1.807, 2.05) is 0 Å². The van der Waals surface area contributed by atoms with Crippen LogP contribution in [0.2, 0.25) is 0 Å². The van der Waals surface area contributed by atoms with E-state index in [0.29, 0.717) is 17.8 Å². The van der Waals surface area contributed by atoms with Crippen LogP contribution in [0.25, 0.3) is 0 Å². The van der Waals surface area contributed by atoms with Crippen LogP contribution in [-0.2, 0) is 6.42 Å². The van der Waals surface area contributed by atoms with E-state index in [2.05, 4.69) is 30.3 Å². The van der Waals surface area contributed by atoms with Crippen LogP contribution in [0.15, 0.2) is 24.3 Å². The molecule has 0 amide bonds. The second-order valence-corrected chi connectivity index (χ2v) is 3.75. The Bertz CT molecular complexity index is 375. The van der Waals surface area contributed by atoms with Crippen molar-refractivity contribution in [1.82, 2.24) is 0 Å². The molecule has 1 unspecified atom stereocenters. The van der Waals surface area contributed by atoms with Gasteiger partial charge < -0.3 is 0 Å². The Balaban J connectivity index is 2.07. The van der Waals surface area contributed by atoms with Gasteiger partial charge in [-0.05, 0) is 23.5 Å². The van der Waals surface area contributed by atoms with Crippen molar-refractivity contribution in [3.05, 3.63) is 35.4 Å². The van der Waals surface area contributed by atoms with Crippen LogP contribution >= 0.6 is 0 Å². The van der Waals surface area contributed by atoms with E-state index in [9.17, 15) is 0 Å². The second kappa shape index (κ2) is 1.90. The Kier molecular flexibility index (Phi) is 0.988. The summed E-state index contributed by atoms with van der Waals surface area (Å²) in [5.41, 5.74) is 2.91. The molecule has 58 valence electrons. The van der Waals surface area contributed by atoms with Crippen LogP contribution in [0.4, 0.5) is 0 Å². The molecule has 0 aliphatic heterocycles. The minimum Gasteiger partial charge on any atom is -0.198 e. The molecule has 1 fully saturated rings. The predicted molar refractivity (Wildman–Crippen MR) is 45.5 cm³/mol. The predicted octanol–water partition coefficient (Wildman–Crippen LogP) is 2.10. The van der Waals surface area contributed by atoms with Gasteiger partial charge in [0.05, 0.1) is 12.0 Å². The summed E-state index contributed by atoms with van der Waals surface area (Å²) in [5.74, 6) is 1.58. The zero-order chi connectivity index (χ0) is 8.13. The summed E-state index contributed by atoms with van der Waals surface area (Å²) in [4.78, 5) is 0. The maximum atomic E-state index is 8.79. The molecule has 3 atom stereocenters. The third kappa shape index (κ3) is 0.587. The highest BCUT2D eigenvalue weighted by atomic mass is 14.6. The van der Waals surface area contributed by atoms with Crippen LogP contribution in [0.5, 0.6) is 0 Å². The van der Waals surface area contributed by atoms with Gasteiger partial charge >= 0.3 is 0 Å². The number of nitriles is 1. The molecule has 0 N–H and O–H groups in total. The van der Waals surface area contributed by atoms with E-state index in [4.69, 9.17) is 5.26 Å². The first-order chi connectivity index (χ1) is 5.92. The molecule has 1 aromatic rings. The van der Waals surface area contributed by atoms with Crippen LogP contribution in [0, 0.1) is 23.2 Å². The van der Waals surface area contributed by atoms with Gasteiger partial charge in [0.1, 0.15) is 0 Å². The van der Waals surface area contributed by atoms with Crippen LogP contribution in [-0.4, -0.2) is 0 Å². The van der Waals surface area contributed by atoms with E-state index < -0.39 is 0 Å². The van der Waals surface area contributed by atoms with Gasteiger partial charge in [-0.25, -0.2) is 0 Å². The molecule has 1 heteroatoms. The summed E-state index contributed by atoms with van der Waals surface area (Å²) in [7, 11) is 0. The number of hydrogen-bond donors (Lipinski definition) is 0. The van der Waals surface area contributed by atoms with Gasteiger partial charge in [0.25, 0.3) is 0 Å². The Morgan fingerprint density at radius 2 is 2.17 bits per heavy atom. The van der Waals surface area contributed by atoms with Crippen molar-refractivity contribution < 1.29 is 0 Å². The Morgan fingerprint density at radius 1 is 1.33 bits per heavy atom. The van der Waals surface area contributed by atoms with Gasteiger partial charge in [-0.2, -0.15) is 5.26 Å². The molecule has 0 saturated heterocycles. The molecule has 3 rings (SSSR count). The summed E-state index contributed by atoms with van der Waals surface area (Å²) in [5, 5.41) is 8.79. The molecule has 2 aliphatic carbocycles. The fraction of sp³-hybridized carbons (Fsp3) is 0.364. The average Bonchev–Trinajstić information content (AvgIpc) is 2.68. The summed E-state index contributed by atoms with van der Waals surface area (Å²) in [6.45, 7) is 0. The van der Waals surface area contributed by atoms with E-state index in [-0.39, 0.29) is 0 Å². The van der Waals surface area contributed by atoms with Gasteiger partial charge in [-0.1, -0.05) is 24.3 Å². The largest absolute Gasteiger partial charge is 0.198 e. The highest BCUT2D eigenvalue weighted by Crippen LogP contribution is 2.60. The fourth-order valence-electron chi connectivity index (χ4n) is 2.53. The Labute approximate surface area is 71.6 Å². The lowest BCUT2D eigenvalue weighted by molar-refractivity contribution is 0.805. The first-order valence-corrected chi connectivity index (χ1v) is 4.39. The first kappa shape index (κ1) is 6.25. The van der Waals surface area contributed by atoms with E-state index in [0.717, 1.165) is 6.42 Å². The second-order valence-electron chi connectivity index (χ2n) is 3.75. The Morgan fingerprint density at radius 3 is 3.00 bits per heavy atom. The average molecular weight is 155 g/mol. The summed E-state index contributed by atoms with van der Waals surface area (Å²) < 4.78 is 0. The van der Waals surface area contributed by atoms with Gasteiger partial charge in [-0.3, -0.25) is 0 Å². The molecule has 1 nitrogen and oxygen atoms in total. The van der Waals surface area contributed by atoms with Crippen molar-refractivity contribution in [2.45, 2.75) is 12.3 Å². The molecule has 1 aromatic carbocycles. The third-order valence-corrected chi connectivity index (χ3v) is 3.19. The summed E-state index contributed by atoms with van der Waals surface area (Å²) >= 11 is 0. The molecular formula is C11H9N. The number of hydrogen-bond acceptors (Lipinski definition) is 1. The van der Waals surface area contributed by atoms with Gasteiger partial charge in [0.2, 0.25) is 0 Å². The van der Waals surface area contributed by atoms with Crippen LogP contribution in [0.3, 0.4) is 0 Å². The molecule has 0 spiro atoms. The fourth-order valence-corrected chi connectivity index (χ4v) is 2.53.